The Morgan fingerprint density at radius 1 is 1.12 bits per heavy atom. The molecule has 1 aromatic carbocycles. The number of hydrogen-bond acceptors (Lipinski definition) is 11. The monoisotopic (exact) mass is 566 g/mol. The molecule has 0 bridgehead atoms. The third-order valence-electron chi connectivity index (χ3n) is 7.27. The van der Waals surface area contributed by atoms with E-state index < -0.39 is 31.1 Å². The van der Waals surface area contributed by atoms with Crippen LogP contribution >= 0.6 is 0 Å². The van der Waals surface area contributed by atoms with E-state index in [0.717, 1.165) is 18.4 Å². The summed E-state index contributed by atoms with van der Waals surface area (Å²) < 4.78 is 18.0. The number of aliphatic hydroxyl groups excluding tert-OH is 3. The third-order valence-corrected chi connectivity index (χ3v) is 7.27. The lowest BCUT2D eigenvalue weighted by Crippen LogP contribution is -2.39. The summed E-state index contributed by atoms with van der Waals surface area (Å²) in [5.74, 6) is 6.70. The average Bonchev–Trinajstić information content (AvgIpc) is 3.54. The molecule has 0 spiro atoms. The lowest BCUT2D eigenvalue weighted by molar-refractivity contribution is -0.0511. The van der Waals surface area contributed by atoms with Crippen molar-refractivity contribution in [2.75, 3.05) is 38.6 Å². The fourth-order valence-electron chi connectivity index (χ4n) is 4.93. The van der Waals surface area contributed by atoms with E-state index in [0.29, 0.717) is 49.8 Å². The molecule has 2 fully saturated rings. The van der Waals surface area contributed by atoms with Crippen LogP contribution in [-0.4, -0.2) is 97.1 Å². The Kier molecular flexibility index (Phi) is 9.28. The topological polar surface area (TPSA) is 178 Å². The van der Waals surface area contributed by atoms with Crippen LogP contribution in [0.25, 0.3) is 11.2 Å². The number of aromatic nitrogens is 4. The number of likely N-dealkylation sites (tertiary alicyclic amines) is 1. The molecule has 2 aliphatic rings. The maximum absolute atomic E-state index is 12.4. The number of nitrogens with two attached hydrogens (primary N) is 1. The van der Waals surface area contributed by atoms with E-state index in [1.807, 2.05) is 30.3 Å². The highest BCUT2D eigenvalue weighted by molar-refractivity contribution is 5.82. The lowest BCUT2D eigenvalue weighted by atomic mass is 9.94. The Labute approximate surface area is 236 Å². The lowest BCUT2D eigenvalue weighted by Gasteiger charge is -2.30. The van der Waals surface area contributed by atoms with Crippen molar-refractivity contribution in [1.82, 2.24) is 24.4 Å². The molecule has 3 aromatic rings. The van der Waals surface area contributed by atoms with E-state index in [1.165, 1.54) is 10.9 Å². The summed E-state index contributed by atoms with van der Waals surface area (Å²) in [6, 6.07) is 9.82. The number of piperidine rings is 1. The highest BCUT2D eigenvalue weighted by atomic mass is 16.6. The number of rotatable bonds is 8. The van der Waals surface area contributed by atoms with Gasteiger partial charge in [-0.15, -0.1) is 0 Å². The molecule has 2 saturated heterocycles. The van der Waals surface area contributed by atoms with E-state index in [1.54, 1.807) is 4.90 Å². The second kappa shape index (κ2) is 13.2. The number of nitrogens with zero attached hydrogens (tertiary/aromatic N) is 5. The second-order valence-corrected chi connectivity index (χ2v) is 10.1. The van der Waals surface area contributed by atoms with Crippen LogP contribution in [0.1, 0.15) is 36.9 Å². The summed E-state index contributed by atoms with van der Waals surface area (Å²) >= 11 is 0. The Hall–Kier alpha value is -3.80. The molecule has 2 aliphatic heterocycles. The maximum Gasteiger partial charge on any atom is 0.409 e. The maximum atomic E-state index is 12.4. The van der Waals surface area contributed by atoms with E-state index in [9.17, 15) is 20.1 Å². The summed E-state index contributed by atoms with van der Waals surface area (Å²) in [6.07, 6.45) is -1.21. The zero-order chi connectivity index (χ0) is 28.8. The number of amides is 1. The number of carbonyl (C=O) groups excluding carboxylic acids is 1. The molecule has 0 unspecified atom stereocenters. The fraction of sp³-hybridized carbons (Fsp3) is 0.500. The van der Waals surface area contributed by atoms with Gasteiger partial charge < -0.3 is 40.2 Å². The molecule has 13 heteroatoms. The van der Waals surface area contributed by atoms with Gasteiger partial charge in [0, 0.05) is 19.5 Å². The molecule has 0 saturated carbocycles. The van der Waals surface area contributed by atoms with Crippen molar-refractivity contribution in [2.24, 2.45) is 5.92 Å². The standard InChI is InChI=1S/C28H34N6O7/c29-25-22-26(34(17-30-22)27-24(37)23(36)20(15-35)41-27)32-21(31-25)8-4-7-18-9-11-33(12-10-18)28(38)40-14-13-39-16-19-5-2-1-3-6-19/h1-3,5-6,17-18,20,23-24,27,35-37H,7,9-16H2,(H2,29,31,32)/t20-,23-,24-,27-/m1/s1. The van der Waals surface area contributed by atoms with Crippen LogP contribution < -0.4 is 5.73 Å². The summed E-state index contributed by atoms with van der Waals surface area (Å²) in [6.45, 7) is 1.76. The number of imidazole rings is 1. The van der Waals surface area contributed by atoms with Gasteiger partial charge in [-0.05, 0) is 30.2 Å². The predicted octanol–water partition coefficient (Wildman–Crippen LogP) is 0.827. The van der Waals surface area contributed by atoms with Gasteiger partial charge in [-0.2, -0.15) is 0 Å². The van der Waals surface area contributed by atoms with Crippen molar-refractivity contribution < 1.29 is 34.3 Å². The van der Waals surface area contributed by atoms with E-state index in [4.69, 9.17) is 19.9 Å². The Bertz CT molecular complexity index is 1380. The van der Waals surface area contributed by atoms with Crippen molar-refractivity contribution in [2.45, 2.75) is 50.4 Å². The van der Waals surface area contributed by atoms with E-state index >= 15 is 0 Å². The second-order valence-electron chi connectivity index (χ2n) is 10.1. The summed E-state index contributed by atoms with van der Waals surface area (Å²) in [5, 5.41) is 29.9. The van der Waals surface area contributed by atoms with Crippen molar-refractivity contribution in [3.05, 3.63) is 48.0 Å². The zero-order valence-corrected chi connectivity index (χ0v) is 22.5. The molecule has 41 heavy (non-hydrogen) atoms. The molecule has 13 nitrogen and oxygen atoms in total. The summed E-state index contributed by atoms with van der Waals surface area (Å²) in [5.41, 5.74) is 7.76. The van der Waals surface area contributed by atoms with Crippen molar-refractivity contribution in [3.63, 3.8) is 0 Å². The Morgan fingerprint density at radius 2 is 1.90 bits per heavy atom. The molecule has 0 aliphatic carbocycles. The van der Waals surface area contributed by atoms with Crippen LogP contribution in [0, 0.1) is 17.8 Å². The average molecular weight is 567 g/mol. The largest absolute Gasteiger partial charge is 0.447 e. The number of nitrogen functional groups attached to an aromatic ring is 1. The van der Waals surface area contributed by atoms with Crippen LogP contribution in [0.5, 0.6) is 0 Å². The predicted molar refractivity (Wildman–Crippen MR) is 146 cm³/mol. The van der Waals surface area contributed by atoms with Crippen LogP contribution in [0.15, 0.2) is 36.7 Å². The van der Waals surface area contributed by atoms with Gasteiger partial charge in [-0.1, -0.05) is 36.3 Å². The minimum Gasteiger partial charge on any atom is -0.447 e. The molecule has 218 valence electrons. The minimum absolute atomic E-state index is 0.127. The van der Waals surface area contributed by atoms with Crippen molar-refractivity contribution in [1.29, 1.82) is 0 Å². The number of ether oxygens (including phenoxy) is 3. The molecular weight excluding hydrogens is 532 g/mol. The first-order chi connectivity index (χ1) is 19.9. The SMILES string of the molecule is Nc1nc(C#CCC2CCN(C(=O)OCCOCc3ccccc3)CC2)nc2c1ncn2[C@@H]1O[C@H](CO)[C@@H](O)[C@H]1O. The minimum atomic E-state index is -1.29. The number of aliphatic hydroxyl groups is 3. The molecule has 4 atom stereocenters. The van der Waals surface area contributed by atoms with Crippen LogP contribution in [0.2, 0.25) is 0 Å². The van der Waals surface area contributed by atoms with Gasteiger partial charge in [0.25, 0.3) is 0 Å². The van der Waals surface area contributed by atoms with Crippen LogP contribution in [0.4, 0.5) is 10.6 Å². The molecule has 4 heterocycles. The van der Waals surface area contributed by atoms with Crippen molar-refractivity contribution in [3.8, 4) is 11.8 Å². The Balaban J connectivity index is 1.09. The van der Waals surface area contributed by atoms with E-state index in [2.05, 4.69) is 26.8 Å². The van der Waals surface area contributed by atoms with Gasteiger partial charge in [0.05, 0.1) is 26.1 Å². The van der Waals surface area contributed by atoms with Crippen molar-refractivity contribution >= 4 is 23.1 Å². The van der Waals surface area contributed by atoms with E-state index in [-0.39, 0.29) is 24.3 Å². The first-order valence-corrected chi connectivity index (χ1v) is 13.6. The van der Waals surface area contributed by atoms with Gasteiger partial charge in [0.15, 0.2) is 17.7 Å². The molecular formula is C28H34N6O7. The highest BCUT2D eigenvalue weighted by Crippen LogP contribution is 2.32. The number of benzene rings is 1. The first kappa shape index (κ1) is 28.7. The Morgan fingerprint density at radius 3 is 2.63 bits per heavy atom. The molecule has 0 radical (unpaired) electrons. The highest BCUT2D eigenvalue weighted by Gasteiger charge is 2.44. The first-order valence-electron chi connectivity index (χ1n) is 13.6. The zero-order valence-electron chi connectivity index (χ0n) is 22.5. The summed E-state index contributed by atoms with van der Waals surface area (Å²) in [7, 11) is 0. The van der Waals surface area contributed by atoms with Gasteiger partial charge in [-0.25, -0.2) is 19.7 Å². The number of carbonyl (C=O) groups is 1. The van der Waals surface area contributed by atoms with Gasteiger partial charge >= 0.3 is 6.09 Å². The van der Waals surface area contributed by atoms with Crippen LogP contribution in [-0.2, 0) is 20.8 Å². The molecule has 5 N–H and O–H groups in total. The number of fused-ring (bicyclic) bond motifs is 1. The number of hydrogen-bond donors (Lipinski definition) is 4. The number of anilines is 1. The fourth-order valence-corrected chi connectivity index (χ4v) is 4.93. The van der Waals surface area contributed by atoms with Gasteiger partial charge in [0.1, 0.15) is 30.4 Å². The quantitative estimate of drug-likeness (QED) is 0.224. The van der Waals surface area contributed by atoms with Crippen LogP contribution in [0.3, 0.4) is 0 Å². The van der Waals surface area contributed by atoms with Gasteiger partial charge in [-0.3, -0.25) is 4.57 Å². The smallest absolute Gasteiger partial charge is 0.409 e. The molecule has 5 rings (SSSR count). The summed E-state index contributed by atoms with van der Waals surface area (Å²) in [4.78, 5) is 27.0. The third kappa shape index (κ3) is 6.75. The van der Waals surface area contributed by atoms with Gasteiger partial charge in [0.2, 0.25) is 5.82 Å². The molecule has 2 aromatic heterocycles. The molecule has 1 amide bonds. The normalized spacial score (nSPS) is 23.0.